The minimum atomic E-state index is -0.985. The lowest BCUT2D eigenvalue weighted by molar-refractivity contribution is -0.157. The number of nitrogens with zero attached hydrogens (tertiary/aromatic N) is 5. The summed E-state index contributed by atoms with van der Waals surface area (Å²) in [6.45, 7) is -0.239. The van der Waals surface area contributed by atoms with Crippen LogP contribution in [0.25, 0.3) is 10.8 Å². The molecule has 0 aromatic heterocycles. The molecule has 6 rings (SSSR count). The van der Waals surface area contributed by atoms with E-state index in [0.29, 0.717) is 11.1 Å². The second kappa shape index (κ2) is 12.7. The number of piperazine rings is 1. The molecule has 2 aliphatic rings. The maximum absolute atomic E-state index is 14.2. The Balaban J connectivity index is 1.32. The number of hydrazine groups is 1. The molecule has 0 unspecified atom stereocenters. The molecule has 11 nitrogen and oxygen atoms in total. The maximum atomic E-state index is 14.2. The van der Waals surface area contributed by atoms with Crippen molar-refractivity contribution < 1.29 is 29.0 Å². The fourth-order valence-electron chi connectivity index (χ4n) is 6.16. The highest BCUT2D eigenvalue weighted by Gasteiger charge is 2.52. The van der Waals surface area contributed by atoms with E-state index in [4.69, 9.17) is 0 Å². The van der Waals surface area contributed by atoms with Crippen LogP contribution in [0.3, 0.4) is 0 Å². The van der Waals surface area contributed by atoms with Crippen LogP contribution in [0.15, 0.2) is 84.9 Å². The topological polar surface area (TPSA) is 140 Å². The number of phenolic OH excluding ortho intramolecular Hbond substituents is 2. The Morgan fingerprint density at radius 2 is 1.72 bits per heavy atom. The van der Waals surface area contributed by atoms with E-state index in [-0.39, 0.29) is 56.6 Å². The van der Waals surface area contributed by atoms with E-state index < -0.39 is 30.0 Å². The van der Waals surface area contributed by atoms with Gasteiger partial charge in [0.25, 0.3) is 0 Å². The highest BCUT2D eigenvalue weighted by Crippen LogP contribution is 2.33. The molecule has 2 atom stereocenters. The summed E-state index contributed by atoms with van der Waals surface area (Å²) in [5, 5.41) is 37.0. The van der Waals surface area contributed by atoms with E-state index in [1.54, 1.807) is 11.0 Å². The molecule has 2 heterocycles. The first-order valence-electron chi connectivity index (χ1n) is 14.7. The van der Waals surface area contributed by atoms with Crippen LogP contribution in [-0.4, -0.2) is 79.7 Å². The number of benzene rings is 4. The van der Waals surface area contributed by atoms with E-state index in [0.717, 1.165) is 16.3 Å². The first-order valence-corrected chi connectivity index (χ1v) is 14.7. The number of carbonyl (C=O) groups excluding carboxylic acids is 3. The molecule has 2 fully saturated rings. The lowest BCUT2D eigenvalue weighted by atomic mass is 9.98. The zero-order valence-electron chi connectivity index (χ0n) is 24.7. The molecule has 0 bridgehead atoms. The molecule has 0 aliphatic carbocycles. The average Bonchev–Trinajstić information content (AvgIpc) is 3.38. The van der Waals surface area contributed by atoms with Crippen molar-refractivity contribution in [2.75, 3.05) is 19.6 Å². The Bertz CT molecular complexity index is 1840. The third-order valence-corrected chi connectivity index (χ3v) is 8.40. The van der Waals surface area contributed by atoms with Crippen LogP contribution in [0.1, 0.15) is 16.7 Å². The smallest absolute Gasteiger partial charge is 0.333 e. The quantitative estimate of drug-likeness (QED) is 0.202. The molecule has 2 aliphatic heterocycles. The fraction of sp³-hybridized carbons (Fsp3) is 0.235. The molecule has 46 heavy (non-hydrogen) atoms. The minimum Gasteiger partial charge on any atom is -0.504 e. The summed E-state index contributed by atoms with van der Waals surface area (Å²) in [5.41, 5.74) is 2.08. The summed E-state index contributed by atoms with van der Waals surface area (Å²) in [6.07, 6.45) is -0.732. The second-order valence-corrected chi connectivity index (χ2v) is 11.3. The van der Waals surface area contributed by atoms with Gasteiger partial charge in [0, 0.05) is 19.5 Å². The molecular formula is C34H31FN6O5. The van der Waals surface area contributed by atoms with Crippen LogP contribution in [0, 0.1) is 17.1 Å². The average molecular weight is 623 g/mol. The maximum Gasteiger partial charge on any atom is 0.333 e. The van der Waals surface area contributed by atoms with Gasteiger partial charge in [-0.25, -0.2) is 14.2 Å². The predicted molar refractivity (Wildman–Crippen MR) is 165 cm³/mol. The van der Waals surface area contributed by atoms with Gasteiger partial charge in [-0.1, -0.05) is 60.7 Å². The van der Waals surface area contributed by atoms with Crippen molar-refractivity contribution in [1.82, 2.24) is 25.1 Å². The van der Waals surface area contributed by atoms with Crippen molar-refractivity contribution >= 4 is 28.6 Å². The molecule has 0 saturated carbocycles. The molecular weight excluding hydrogens is 591 g/mol. The van der Waals surface area contributed by atoms with Crippen LogP contribution in [0.2, 0.25) is 0 Å². The first kappa shape index (κ1) is 30.4. The lowest BCUT2D eigenvalue weighted by Gasteiger charge is -2.46. The molecule has 234 valence electrons. The van der Waals surface area contributed by atoms with Gasteiger partial charge in [-0.3, -0.25) is 9.59 Å². The second-order valence-electron chi connectivity index (χ2n) is 11.3. The fourth-order valence-corrected chi connectivity index (χ4v) is 6.16. The molecule has 0 radical (unpaired) electrons. The van der Waals surface area contributed by atoms with Gasteiger partial charge in [-0.2, -0.15) is 10.3 Å². The van der Waals surface area contributed by atoms with Gasteiger partial charge in [0.05, 0.1) is 19.2 Å². The van der Waals surface area contributed by atoms with E-state index in [9.17, 15) is 34.2 Å². The van der Waals surface area contributed by atoms with Crippen molar-refractivity contribution in [3.63, 3.8) is 0 Å². The Morgan fingerprint density at radius 1 is 0.978 bits per heavy atom. The normalized spacial score (nSPS) is 18.0. The summed E-state index contributed by atoms with van der Waals surface area (Å²) in [7, 11) is 0. The molecule has 3 N–H and O–H groups in total. The van der Waals surface area contributed by atoms with Gasteiger partial charge in [-0.05, 0) is 51.7 Å². The van der Waals surface area contributed by atoms with E-state index in [2.05, 4.69) is 5.32 Å². The lowest BCUT2D eigenvalue weighted by Crippen LogP contribution is -2.66. The Morgan fingerprint density at radius 3 is 2.48 bits per heavy atom. The van der Waals surface area contributed by atoms with Crippen molar-refractivity contribution in [2.24, 2.45) is 0 Å². The molecule has 4 aromatic rings. The Kier molecular flexibility index (Phi) is 8.41. The summed E-state index contributed by atoms with van der Waals surface area (Å²) >= 11 is 0. The van der Waals surface area contributed by atoms with Gasteiger partial charge in [-0.15, -0.1) is 0 Å². The van der Waals surface area contributed by atoms with Crippen LogP contribution in [0.5, 0.6) is 11.5 Å². The summed E-state index contributed by atoms with van der Waals surface area (Å²) in [4.78, 5) is 44.3. The van der Waals surface area contributed by atoms with Crippen LogP contribution >= 0.6 is 0 Å². The zero-order valence-corrected chi connectivity index (χ0v) is 24.7. The van der Waals surface area contributed by atoms with Gasteiger partial charge >= 0.3 is 6.03 Å². The SMILES string of the molecule is N#CCN(C(=O)NCc1ccc(F)cc1)N1CC(=O)N2[C@@H](Cc3ccc(O)c(O)c3)C(=O)N(Cc3cccc4ccccc34)C[C@@H]21. The van der Waals surface area contributed by atoms with Crippen LogP contribution in [-0.2, 0) is 29.1 Å². The highest BCUT2D eigenvalue weighted by atomic mass is 19.1. The molecule has 2 saturated heterocycles. The number of carbonyl (C=O) groups is 3. The van der Waals surface area contributed by atoms with Crippen LogP contribution < -0.4 is 5.32 Å². The summed E-state index contributed by atoms with van der Waals surface area (Å²) in [6, 6.07) is 23.9. The summed E-state index contributed by atoms with van der Waals surface area (Å²) in [5.74, 6) is -1.77. The molecule has 12 heteroatoms. The van der Waals surface area contributed by atoms with Crippen molar-refractivity contribution in [3.05, 3.63) is 107 Å². The van der Waals surface area contributed by atoms with Gasteiger partial charge < -0.3 is 25.3 Å². The van der Waals surface area contributed by atoms with Crippen molar-refractivity contribution in [3.8, 4) is 17.6 Å². The minimum absolute atomic E-state index is 0.0454. The molecule has 0 spiro atoms. The third-order valence-electron chi connectivity index (χ3n) is 8.40. The Labute approximate surface area is 264 Å². The Hall–Kier alpha value is -5.67. The van der Waals surface area contributed by atoms with Crippen molar-refractivity contribution in [2.45, 2.75) is 31.7 Å². The number of amides is 4. The number of hydrogen-bond donors (Lipinski definition) is 3. The van der Waals surface area contributed by atoms with Crippen LogP contribution in [0.4, 0.5) is 9.18 Å². The first-order chi connectivity index (χ1) is 22.2. The van der Waals surface area contributed by atoms with E-state index in [1.165, 1.54) is 51.3 Å². The van der Waals surface area contributed by atoms with Gasteiger partial charge in [0.2, 0.25) is 11.8 Å². The number of halogens is 1. The number of hydrogen-bond acceptors (Lipinski definition) is 7. The van der Waals surface area contributed by atoms with E-state index >= 15 is 0 Å². The standard InChI is InChI=1S/C34H31FN6O5/c35-26-11-8-22(9-12-26)18-37-34(46)39(15-14-36)40-21-32(44)41-28(16-23-10-13-29(42)30(43)17-23)33(45)38(20-31(40)41)19-25-6-3-5-24-4-1-2-7-27(24)25/h1-13,17,28,31,42-43H,15-16,18-21H2,(H,37,46)/t28-,31+/m0/s1. The number of urea groups is 1. The molecule has 4 aromatic carbocycles. The number of rotatable bonds is 8. The number of nitriles is 1. The molecule has 4 amide bonds. The third kappa shape index (κ3) is 6.00. The van der Waals surface area contributed by atoms with Crippen molar-refractivity contribution in [1.29, 1.82) is 5.26 Å². The zero-order chi connectivity index (χ0) is 32.4. The number of aromatic hydroxyl groups is 2. The monoisotopic (exact) mass is 622 g/mol. The highest BCUT2D eigenvalue weighted by molar-refractivity contribution is 5.92. The summed E-state index contributed by atoms with van der Waals surface area (Å²) < 4.78 is 13.4. The number of fused-ring (bicyclic) bond motifs is 2. The van der Waals surface area contributed by atoms with E-state index in [1.807, 2.05) is 48.5 Å². The largest absolute Gasteiger partial charge is 0.504 e. The number of nitrogens with one attached hydrogen (secondary N) is 1. The number of phenols is 2. The van der Waals surface area contributed by atoms with Gasteiger partial charge in [0.1, 0.15) is 24.6 Å². The predicted octanol–water partition coefficient (Wildman–Crippen LogP) is 3.46. The van der Waals surface area contributed by atoms with Gasteiger partial charge in [0.15, 0.2) is 11.5 Å².